The van der Waals surface area contributed by atoms with Gasteiger partial charge in [0.2, 0.25) is 0 Å². The molecule has 4 atom stereocenters. The van der Waals surface area contributed by atoms with E-state index in [1.165, 1.54) is 93.7 Å². The van der Waals surface area contributed by atoms with Crippen LogP contribution >= 0.6 is 0 Å². The average molecular weight is 652 g/mol. The SMILES string of the molecule is CC1CC2(c3ccc(C4=CC=C(N(C5=CC=C(c6ccccc6)CC5)c5ccc6c(c5)C(C)(C)c5ccccc5-6)CC4)cc3)CC3CC3(C1)C2. The first kappa shape index (κ1) is 30.5. The number of benzene rings is 4. The highest BCUT2D eigenvalue weighted by Gasteiger charge is 2.67. The summed E-state index contributed by atoms with van der Waals surface area (Å²) in [6.07, 6.45) is 21.0. The van der Waals surface area contributed by atoms with Gasteiger partial charge in [-0.2, -0.15) is 0 Å². The molecule has 1 heteroatoms. The molecule has 3 fully saturated rings. The summed E-state index contributed by atoms with van der Waals surface area (Å²) < 4.78 is 0. The molecular weight excluding hydrogens is 603 g/mol. The topological polar surface area (TPSA) is 3.24 Å². The molecule has 250 valence electrons. The van der Waals surface area contributed by atoms with Crippen LogP contribution in [0.5, 0.6) is 0 Å². The second-order valence-electron chi connectivity index (χ2n) is 17.3. The van der Waals surface area contributed by atoms with Crippen LogP contribution in [0.1, 0.15) is 106 Å². The first-order valence-corrected chi connectivity index (χ1v) is 19.3. The van der Waals surface area contributed by atoms with Gasteiger partial charge >= 0.3 is 0 Å². The van der Waals surface area contributed by atoms with Crippen molar-refractivity contribution in [2.24, 2.45) is 17.3 Å². The van der Waals surface area contributed by atoms with Crippen molar-refractivity contribution in [3.63, 3.8) is 0 Å². The maximum atomic E-state index is 2.60. The Morgan fingerprint density at radius 1 is 0.580 bits per heavy atom. The molecule has 50 heavy (non-hydrogen) atoms. The van der Waals surface area contributed by atoms with E-state index in [1.54, 1.807) is 5.56 Å². The largest absolute Gasteiger partial charge is 0.318 e. The molecule has 4 aromatic carbocycles. The molecule has 0 radical (unpaired) electrons. The number of allylic oxidation sites excluding steroid dienone is 8. The van der Waals surface area contributed by atoms with Crippen molar-refractivity contribution in [3.8, 4) is 11.1 Å². The molecule has 0 amide bonds. The molecule has 0 aromatic heterocycles. The van der Waals surface area contributed by atoms with Gasteiger partial charge in [-0.05, 0) is 155 Å². The Balaban J connectivity index is 0.987. The van der Waals surface area contributed by atoms with Gasteiger partial charge in [0.1, 0.15) is 0 Å². The van der Waals surface area contributed by atoms with Crippen molar-refractivity contribution in [3.05, 3.63) is 161 Å². The Hall–Kier alpha value is -4.36. The molecule has 6 aliphatic rings. The van der Waals surface area contributed by atoms with Gasteiger partial charge in [0.15, 0.2) is 0 Å². The summed E-state index contributed by atoms with van der Waals surface area (Å²) in [4.78, 5) is 2.60. The van der Waals surface area contributed by atoms with Crippen LogP contribution in [0.25, 0.3) is 22.3 Å². The first-order valence-electron chi connectivity index (χ1n) is 19.3. The standard InChI is InChI=1S/C49H49N/c1-33-28-48(30-39-31-49(39,29-33)32-48)38-19-13-35(14-20-38)37-17-23-41(24-18-37)50(40-21-15-36(16-22-40)34-9-5-4-6-10-34)42-25-26-44-43-11-7-8-12-45(43)47(2,3)46(44)27-42/h4-15,17,19-21,23,25-27,33,39H,16,18,22,24,28-32H2,1-3H3. The molecule has 2 bridgehead atoms. The fourth-order valence-electron chi connectivity index (χ4n) is 11.5. The molecule has 6 aliphatic carbocycles. The fourth-order valence-corrected chi connectivity index (χ4v) is 11.5. The van der Waals surface area contributed by atoms with E-state index in [4.69, 9.17) is 0 Å². The zero-order chi connectivity index (χ0) is 33.7. The molecule has 3 saturated carbocycles. The van der Waals surface area contributed by atoms with Crippen LogP contribution in [0.4, 0.5) is 5.69 Å². The first-order chi connectivity index (χ1) is 24.3. The maximum Gasteiger partial charge on any atom is 0.0458 e. The van der Waals surface area contributed by atoms with Crippen molar-refractivity contribution in [2.45, 2.75) is 89.4 Å². The molecule has 0 aliphatic heterocycles. The number of rotatable bonds is 6. The summed E-state index contributed by atoms with van der Waals surface area (Å²) in [5, 5.41) is 0. The number of fused-ring (bicyclic) bond motifs is 4. The lowest BCUT2D eigenvalue weighted by Gasteiger charge is -2.40. The van der Waals surface area contributed by atoms with Crippen molar-refractivity contribution in [2.75, 3.05) is 4.90 Å². The third kappa shape index (κ3) is 4.72. The van der Waals surface area contributed by atoms with Gasteiger partial charge in [0.25, 0.3) is 0 Å². The molecule has 1 nitrogen and oxygen atoms in total. The third-order valence-corrected chi connectivity index (χ3v) is 13.8. The summed E-state index contributed by atoms with van der Waals surface area (Å²) in [7, 11) is 0. The van der Waals surface area contributed by atoms with Gasteiger partial charge in [-0.1, -0.05) is 118 Å². The van der Waals surface area contributed by atoms with Crippen LogP contribution in [-0.4, -0.2) is 0 Å². The smallest absolute Gasteiger partial charge is 0.0458 e. The Morgan fingerprint density at radius 2 is 1.24 bits per heavy atom. The van der Waals surface area contributed by atoms with E-state index in [2.05, 4.69) is 147 Å². The molecular formula is C49H49N. The lowest BCUT2D eigenvalue weighted by Crippen LogP contribution is -2.32. The molecule has 1 spiro atoms. The summed E-state index contributed by atoms with van der Waals surface area (Å²) in [5.41, 5.74) is 18.1. The lowest BCUT2D eigenvalue weighted by atomic mass is 9.64. The van der Waals surface area contributed by atoms with E-state index in [9.17, 15) is 0 Å². The maximum absolute atomic E-state index is 2.60. The monoisotopic (exact) mass is 651 g/mol. The lowest BCUT2D eigenvalue weighted by molar-refractivity contribution is 0.193. The Morgan fingerprint density at radius 3 is 1.94 bits per heavy atom. The van der Waals surface area contributed by atoms with Gasteiger partial charge in [-0.25, -0.2) is 0 Å². The fraction of sp³-hybridized carbons (Fsp3) is 0.347. The van der Waals surface area contributed by atoms with Gasteiger partial charge in [0.05, 0.1) is 0 Å². The Labute approximate surface area is 299 Å². The quantitative estimate of drug-likeness (QED) is 0.201. The molecule has 0 saturated heterocycles. The highest BCUT2D eigenvalue weighted by molar-refractivity contribution is 5.83. The number of hydrogen-bond acceptors (Lipinski definition) is 1. The summed E-state index contributed by atoms with van der Waals surface area (Å²) >= 11 is 0. The Kier molecular flexibility index (Phi) is 6.74. The second-order valence-corrected chi connectivity index (χ2v) is 17.3. The normalized spacial score (nSPS) is 28.4. The number of hydrogen-bond donors (Lipinski definition) is 0. The van der Waals surface area contributed by atoms with Crippen LogP contribution in [-0.2, 0) is 10.8 Å². The predicted octanol–water partition coefficient (Wildman–Crippen LogP) is 12.8. The van der Waals surface area contributed by atoms with Gasteiger partial charge in [0, 0.05) is 22.5 Å². The third-order valence-electron chi connectivity index (χ3n) is 13.8. The number of anilines is 1. The van der Waals surface area contributed by atoms with Gasteiger partial charge in [-0.15, -0.1) is 0 Å². The van der Waals surface area contributed by atoms with E-state index >= 15 is 0 Å². The molecule has 0 heterocycles. The zero-order valence-electron chi connectivity index (χ0n) is 30.0. The summed E-state index contributed by atoms with van der Waals surface area (Å²) in [5.74, 6) is 1.88. The van der Waals surface area contributed by atoms with Gasteiger partial charge in [-0.3, -0.25) is 0 Å². The minimum Gasteiger partial charge on any atom is -0.318 e. The molecule has 0 N–H and O–H groups in total. The molecule has 4 unspecified atom stereocenters. The summed E-state index contributed by atoms with van der Waals surface area (Å²) in [6, 6.07) is 37.0. The minimum atomic E-state index is -0.0239. The van der Waals surface area contributed by atoms with Crippen LogP contribution in [0.15, 0.2) is 133 Å². The second kappa shape index (κ2) is 11.1. The van der Waals surface area contributed by atoms with E-state index < -0.39 is 0 Å². The minimum absolute atomic E-state index is 0.0239. The van der Waals surface area contributed by atoms with Crippen LogP contribution in [0.3, 0.4) is 0 Å². The van der Waals surface area contributed by atoms with Crippen molar-refractivity contribution >= 4 is 16.8 Å². The van der Waals surface area contributed by atoms with Crippen molar-refractivity contribution in [1.29, 1.82) is 0 Å². The van der Waals surface area contributed by atoms with E-state index in [0.717, 1.165) is 37.5 Å². The number of nitrogens with zero attached hydrogens (tertiary/aromatic N) is 1. The van der Waals surface area contributed by atoms with E-state index in [0.29, 0.717) is 10.8 Å². The van der Waals surface area contributed by atoms with Gasteiger partial charge < -0.3 is 4.90 Å². The average Bonchev–Trinajstić information content (AvgIpc) is 3.63. The van der Waals surface area contributed by atoms with Crippen molar-refractivity contribution < 1.29 is 0 Å². The highest BCUT2D eigenvalue weighted by Crippen LogP contribution is 2.76. The van der Waals surface area contributed by atoms with Crippen LogP contribution < -0.4 is 4.90 Å². The zero-order valence-corrected chi connectivity index (χ0v) is 30.0. The van der Waals surface area contributed by atoms with Crippen LogP contribution in [0.2, 0.25) is 0 Å². The predicted molar refractivity (Wildman–Crippen MR) is 210 cm³/mol. The van der Waals surface area contributed by atoms with E-state index in [1.807, 2.05) is 0 Å². The highest BCUT2D eigenvalue weighted by atomic mass is 15.2. The molecule has 4 aromatic rings. The molecule has 10 rings (SSSR count). The van der Waals surface area contributed by atoms with Crippen LogP contribution in [0, 0.1) is 17.3 Å². The summed E-state index contributed by atoms with van der Waals surface area (Å²) in [6.45, 7) is 7.29. The van der Waals surface area contributed by atoms with E-state index in [-0.39, 0.29) is 5.41 Å². The Bertz CT molecular complexity index is 2130. The van der Waals surface area contributed by atoms with Crippen molar-refractivity contribution in [1.82, 2.24) is 0 Å².